The Labute approximate surface area is 126 Å². The Bertz CT molecular complexity index is 590. The van der Waals surface area contributed by atoms with E-state index in [4.69, 9.17) is 4.74 Å². The monoisotopic (exact) mass is 338 g/mol. The largest absolute Gasteiger partial charge is 0.454 e. The summed E-state index contributed by atoms with van der Waals surface area (Å²) in [6.07, 6.45) is 3.39. The number of hydrogen-bond donors (Lipinski definition) is 1. The first kappa shape index (κ1) is 14.9. The molecule has 0 aliphatic heterocycles. The molecule has 0 aliphatic rings. The summed E-state index contributed by atoms with van der Waals surface area (Å²) in [5, 5.41) is 3.31. The van der Waals surface area contributed by atoms with Gasteiger partial charge in [-0.1, -0.05) is 13.8 Å². The summed E-state index contributed by atoms with van der Waals surface area (Å²) in [6, 6.07) is 6.61. The highest BCUT2D eigenvalue weighted by Crippen LogP contribution is 2.30. The summed E-state index contributed by atoms with van der Waals surface area (Å²) in [4.78, 5) is 4.14. The molecule has 106 valence electrons. The van der Waals surface area contributed by atoms with E-state index in [0.717, 1.165) is 5.56 Å². The molecule has 1 aromatic carbocycles. The minimum Gasteiger partial charge on any atom is -0.454 e. The predicted molar refractivity (Wildman–Crippen MR) is 80.4 cm³/mol. The molecule has 0 saturated carbocycles. The summed E-state index contributed by atoms with van der Waals surface area (Å²) >= 11 is 3.33. The molecule has 2 aromatic rings. The van der Waals surface area contributed by atoms with Crippen LogP contribution in [-0.2, 0) is 6.54 Å². The molecule has 0 atom stereocenters. The Balaban J connectivity index is 2.13. The normalized spacial score (nSPS) is 10.8. The molecule has 0 amide bonds. The third-order valence-electron chi connectivity index (χ3n) is 2.61. The maximum absolute atomic E-state index is 13.2. The van der Waals surface area contributed by atoms with Crippen LogP contribution in [0, 0.1) is 5.82 Å². The van der Waals surface area contributed by atoms with Crippen molar-refractivity contribution in [2.75, 3.05) is 0 Å². The number of nitrogens with one attached hydrogen (secondary N) is 1. The van der Waals surface area contributed by atoms with Crippen molar-refractivity contribution in [1.29, 1.82) is 0 Å². The van der Waals surface area contributed by atoms with E-state index in [1.807, 2.05) is 6.07 Å². The van der Waals surface area contributed by atoms with Gasteiger partial charge >= 0.3 is 0 Å². The van der Waals surface area contributed by atoms with Crippen molar-refractivity contribution >= 4 is 15.9 Å². The number of ether oxygens (including phenoxy) is 1. The Hall–Kier alpha value is -1.46. The second-order valence-electron chi connectivity index (χ2n) is 4.74. The molecule has 0 saturated heterocycles. The summed E-state index contributed by atoms with van der Waals surface area (Å²) in [5.41, 5.74) is 1.02. The highest BCUT2D eigenvalue weighted by Gasteiger charge is 2.06. The van der Waals surface area contributed by atoms with Crippen LogP contribution in [0.1, 0.15) is 19.4 Å². The van der Waals surface area contributed by atoms with Gasteiger partial charge < -0.3 is 10.1 Å². The molecule has 0 fully saturated rings. The van der Waals surface area contributed by atoms with Crippen LogP contribution in [0.5, 0.6) is 11.5 Å². The van der Waals surface area contributed by atoms with Gasteiger partial charge in [0.1, 0.15) is 17.3 Å². The van der Waals surface area contributed by atoms with E-state index in [1.165, 1.54) is 12.1 Å². The highest BCUT2D eigenvalue weighted by atomic mass is 79.9. The fourth-order valence-electron chi connectivity index (χ4n) is 1.62. The van der Waals surface area contributed by atoms with Gasteiger partial charge in [0.2, 0.25) is 0 Å². The fraction of sp³-hybridized carbons (Fsp3) is 0.267. The lowest BCUT2D eigenvalue weighted by molar-refractivity contribution is 0.469. The van der Waals surface area contributed by atoms with Crippen LogP contribution in [0.15, 0.2) is 41.1 Å². The van der Waals surface area contributed by atoms with Gasteiger partial charge in [-0.2, -0.15) is 0 Å². The maximum Gasteiger partial charge on any atom is 0.146 e. The molecule has 1 N–H and O–H groups in total. The van der Waals surface area contributed by atoms with Crippen molar-refractivity contribution in [3.63, 3.8) is 0 Å². The molecule has 0 unspecified atom stereocenters. The fourth-order valence-corrected chi connectivity index (χ4v) is 1.95. The Morgan fingerprint density at radius 1 is 1.30 bits per heavy atom. The quantitative estimate of drug-likeness (QED) is 0.883. The van der Waals surface area contributed by atoms with Crippen molar-refractivity contribution < 1.29 is 9.13 Å². The van der Waals surface area contributed by atoms with E-state index >= 15 is 0 Å². The first-order chi connectivity index (χ1) is 9.54. The molecule has 0 radical (unpaired) electrons. The number of benzene rings is 1. The van der Waals surface area contributed by atoms with Crippen molar-refractivity contribution in [3.8, 4) is 11.5 Å². The molecule has 1 aromatic heterocycles. The second kappa shape index (κ2) is 6.81. The number of hydrogen-bond acceptors (Lipinski definition) is 3. The van der Waals surface area contributed by atoms with Crippen molar-refractivity contribution in [3.05, 3.63) is 52.5 Å². The molecule has 2 rings (SSSR count). The van der Waals surface area contributed by atoms with E-state index in [-0.39, 0.29) is 5.82 Å². The molecule has 0 spiro atoms. The van der Waals surface area contributed by atoms with Crippen molar-refractivity contribution in [2.24, 2.45) is 0 Å². The molecule has 5 heteroatoms. The van der Waals surface area contributed by atoms with Gasteiger partial charge in [0, 0.05) is 24.8 Å². The summed E-state index contributed by atoms with van der Waals surface area (Å²) < 4.78 is 19.6. The first-order valence-corrected chi connectivity index (χ1v) is 7.14. The third-order valence-corrected chi connectivity index (χ3v) is 3.26. The zero-order chi connectivity index (χ0) is 14.5. The third kappa shape index (κ3) is 4.28. The van der Waals surface area contributed by atoms with E-state index in [1.54, 1.807) is 18.5 Å². The number of pyridine rings is 1. The number of halogens is 2. The SMILES string of the molecule is CC(C)NCc1cncc(Oc2cc(F)ccc2Br)c1. The maximum atomic E-state index is 13.2. The van der Waals surface area contributed by atoms with Gasteiger partial charge in [-0.25, -0.2) is 4.39 Å². The zero-order valence-corrected chi connectivity index (χ0v) is 12.9. The minimum atomic E-state index is -0.339. The van der Waals surface area contributed by atoms with Crippen molar-refractivity contribution in [1.82, 2.24) is 10.3 Å². The molecule has 0 bridgehead atoms. The smallest absolute Gasteiger partial charge is 0.146 e. The number of nitrogens with zero attached hydrogens (tertiary/aromatic N) is 1. The Kier molecular flexibility index (Phi) is 5.09. The summed E-state index contributed by atoms with van der Waals surface area (Å²) in [7, 11) is 0. The number of aromatic nitrogens is 1. The average Bonchev–Trinajstić information content (AvgIpc) is 2.41. The van der Waals surface area contributed by atoms with E-state index in [9.17, 15) is 4.39 Å². The first-order valence-electron chi connectivity index (χ1n) is 6.35. The standard InChI is InChI=1S/C15H16BrFN2O/c1-10(2)19-8-11-5-13(9-18-7-11)20-15-6-12(17)3-4-14(15)16/h3-7,9-10,19H,8H2,1-2H3. The van der Waals surface area contributed by atoms with Crippen LogP contribution in [0.25, 0.3) is 0 Å². The van der Waals surface area contributed by atoms with Crippen molar-refractivity contribution in [2.45, 2.75) is 26.4 Å². The molecule has 0 aliphatic carbocycles. The molecule has 20 heavy (non-hydrogen) atoms. The summed E-state index contributed by atoms with van der Waals surface area (Å²) in [5.74, 6) is 0.675. The van der Waals surface area contributed by atoms with Crippen LogP contribution in [0.4, 0.5) is 4.39 Å². The van der Waals surface area contributed by atoms with Gasteiger partial charge in [0.15, 0.2) is 0 Å². The Morgan fingerprint density at radius 2 is 2.10 bits per heavy atom. The topological polar surface area (TPSA) is 34.2 Å². The number of rotatable bonds is 5. The lowest BCUT2D eigenvalue weighted by Crippen LogP contribution is -2.21. The van der Waals surface area contributed by atoms with Crippen LogP contribution in [0.2, 0.25) is 0 Å². The van der Waals surface area contributed by atoms with E-state index in [2.05, 4.69) is 40.1 Å². The van der Waals surface area contributed by atoms with Gasteiger partial charge in [-0.05, 0) is 39.7 Å². The lowest BCUT2D eigenvalue weighted by atomic mass is 10.2. The van der Waals surface area contributed by atoms with Gasteiger partial charge in [0.05, 0.1) is 10.7 Å². The molecular weight excluding hydrogens is 323 g/mol. The zero-order valence-electron chi connectivity index (χ0n) is 11.4. The Morgan fingerprint density at radius 3 is 2.85 bits per heavy atom. The minimum absolute atomic E-state index is 0.339. The van der Waals surface area contributed by atoms with Crippen LogP contribution >= 0.6 is 15.9 Å². The van der Waals surface area contributed by atoms with Gasteiger partial charge in [-0.15, -0.1) is 0 Å². The molecular formula is C15H16BrFN2O. The van der Waals surface area contributed by atoms with E-state index in [0.29, 0.717) is 28.6 Å². The average molecular weight is 339 g/mol. The summed E-state index contributed by atoms with van der Waals surface area (Å²) in [6.45, 7) is 4.88. The molecule has 3 nitrogen and oxygen atoms in total. The molecule has 1 heterocycles. The van der Waals surface area contributed by atoms with Gasteiger partial charge in [0.25, 0.3) is 0 Å². The highest BCUT2D eigenvalue weighted by molar-refractivity contribution is 9.10. The van der Waals surface area contributed by atoms with Crippen LogP contribution in [-0.4, -0.2) is 11.0 Å². The van der Waals surface area contributed by atoms with Crippen LogP contribution < -0.4 is 10.1 Å². The van der Waals surface area contributed by atoms with E-state index < -0.39 is 0 Å². The van der Waals surface area contributed by atoms with Gasteiger partial charge in [-0.3, -0.25) is 4.98 Å². The van der Waals surface area contributed by atoms with Crippen LogP contribution in [0.3, 0.4) is 0 Å². The second-order valence-corrected chi connectivity index (χ2v) is 5.60. The lowest BCUT2D eigenvalue weighted by Gasteiger charge is -2.10. The predicted octanol–water partition coefficient (Wildman–Crippen LogP) is 4.27.